The molecule has 0 saturated carbocycles. The summed E-state index contributed by atoms with van der Waals surface area (Å²) < 4.78 is 0. The third-order valence-corrected chi connectivity index (χ3v) is 3.33. The zero-order chi connectivity index (χ0) is 9.97. The van der Waals surface area contributed by atoms with Crippen LogP contribution in [0.5, 0.6) is 0 Å². The molecular weight excluding hydrogens is 178 g/mol. The Morgan fingerprint density at radius 2 is 2.29 bits per heavy atom. The molecule has 4 heteroatoms. The summed E-state index contributed by atoms with van der Waals surface area (Å²) >= 11 is 0. The number of nitrogens with one attached hydrogen (secondary N) is 1. The van der Waals surface area contributed by atoms with Gasteiger partial charge in [0.25, 0.3) is 0 Å². The number of piperidine rings is 1. The Morgan fingerprint density at radius 3 is 2.79 bits per heavy atom. The topological polar surface area (TPSA) is 58.4 Å². The summed E-state index contributed by atoms with van der Waals surface area (Å²) in [7, 11) is 0. The van der Waals surface area contributed by atoms with Crippen LogP contribution in [0.1, 0.15) is 25.7 Å². The molecule has 0 bridgehead atoms. The number of hydrogen-bond donors (Lipinski definition) is 2. The van der Waals surface area contributed by atoms with Crippen molar-refractivity contribution in [2.45, 2.75) is 37.8 Å². The predicted octanol–water partition coefficient (Wildman–Crippen LogP) is -0.312. The van der Waals surface area contributed by atoms with Crippen LogP contribution >= 0.6 is 0 Å². The molecule has 2 unspecified atom stereocenters. The number of hydrogen-bond acceptors (Lipinski definition) is 3. The van der Waals surface area contributed by atoms with Gasteiger partial charge in [-0.25, -0.2) is 0 Å². The highest BCUT2D eigenvalue weighted by atomic mass is 16.1. The van der Waals surface area contributed by atoms with Crippen LogP contribution < -0.4 is 11.1 Å². The van der Waals surface area contributed by atoms with Crippen molar-refractivity contribution in [3.05, 3.63) is 0 Å². The summed E-state index contributed by atoms with van der Waals surface area (Å²) in [5.41, 5.74) is 5.29. The van der Waals surface area contributed by atoms with Crippen LogP contribution in [0.3, 0.4) is 0 Å². The smallest absolute Gasteiger partial charge is 0.234 e. The van der Waals surface area contributed by atoms with E-state index in [0.29, 0.717) is 6.04 Å². The molecule has 0 aliphatic carbocycles. The van der Waals surface area contributed by atoms with E-state index >= 15 is 0 Å². The van der Waals surface area contributed by atoms with Crippen LogP contribution in [0.4, 0.5) is 0 Å². The van der Waals surface area contributed by atoms with Gasteiger partial charge in [-0.05, 0) is 25.8 Å². The van der Waals surface area contributed by atoms with Crippen molar-refractivity contribution in [1.29, 1.82) is 0 Å². The van der Waals surface area contributed by atoms with Gasteiger partial charge < -0.3 is 11.1 Å². The third kappa shape index (κ3) is 2.07. The van der Waals surface area contributed by atoms with Crippen LogP contribution in [0, 0.1) is 0 Å². The molecule has 1 amide bonds. The van der Waals surface area contributed by atoms with Crippen LogP contribution in [0.2, 0.25) is 0 Å². The van der Waals surface area contributed by atoms with Gasteiger partial charge >= 0.3 is 0 Å². The second kappa shape index (κ2) is 4.28. The van der Waals surface area contributed by atoms with E-state index in [4.69, 9.17) is 5.73 Å². The summed E-state index contributed by atoms with van der Waals surface area (Å²) in [6.45, 7) is 3.15. The highest BCUT2D eigenvalue weighted by molar-refractivity contribution is 5.80. The molecule has 80 valence electrons. The lowest BCUT2D eigenvalue weighted by Gasteiger charge is -2.41. The van der Waals surface area contributed by atoms with Crippen molar-refractivity contribution in [2.75, 3.05) is 19.6 Å². The second-order valence-electron chi connectivity index (χ2n) is 4.35. The summed E-state index contributed by atoms with van der Waals surface area (Å²) in [6.07, 6.45) is 4.78. The Hall–Kier alpha value is -0.610. The molecule has 0 aromatic carbocycles. The van der Waals surface area contributed by atoms with Crippen molar-refractivity contribution < 1.29 is 4.79 Å². The highest BCUT2D eigenvalue weighted by Gasteiger charge is 2.33. The largest absolute Gasteiger partial charge is 0.368 e. The Kier molecular flexibility index (Phi) is 3.03. The Bertz CT molecular complexity index is 213. The number of carbonyl (C=O) groups is 1. The molecule has 14 heavy (non-hydrogen) atoms. The lowest BCUT2D eigenvalue weighted by atomic mass is 9.98. The average Bonchev–Trinajstić information content (AvgIpc) is 2.13. The first kappa shape index (κ1) is 9.93. The minimum atomic E-state index is -0.160. The predicted molar refractivity (Wildman–Crippen MR) is 54.8 cm³/mol. The normalized spacial score (nSPS) is 33.7. The van der Waals surface area contributed by atoms with E-state index < -0.39 is 0 Å². The maximum absolute atomic E-state index is 11.0. The monoisotopic (exact) mass is 197 g/mol. The maximum Gasteiger partial charge on any atom is 0.234 e. The van der Waals surface area contributed by atoms with Crippen LogP contribution in [0.25, 0.3) is 0 Å². The van der Waals surface area contributed by atoms with Gasteiger partial charge in [-0.1, -0.05) is 6.42 Å². The first-order valence-electron chi connectivity index (χ1n) is 5.54. The number of nitrogens with zero attached hydrogens (tertiary/aromatic N) is 1. The highest BCUT2D eigenvalue weighted by Crippen LogP contribution is 2.19. The van der Waals surface area contributed by atoms with E-state index in [1.54, 1.807) is 0 Å². The van der Waals surface area contributed by atoms with Gasteiger partial charge in [-0.3, -0.25) is 9.69 Å². The number of primary amides is 1. The Morgan fingerprint density at radius 1 is 1.43 bits per heavy atom. The molecular formula is C10H19N3O. The van der Waals surface area contributed by atoms with Crippen molar-refractivity contribution in [3.8, 4) is 0 Å². The lowest BCUT2D eigenvalue weighted by Crippen LogP contribution is -2.58. The Balaban J connectivity index is 1.76. The zero-order valence-corrected chi connectivity index (χ0v) is 8.54. The van der Waals surface area contributed by atoms with Gasteiger partial charge in [-0.2, -0.15) is 0 Å². The van der Waals surface area contributed by atoms with E-state index in [1.807, 2.05) is 0 Å². The first-order valence-corrected chi connectivity index (χ1v) is 5.54. The second-order valence-corrected chi connectivity index (χ2v) is 4.35. The number of nitrogens with two attached hydrogens (primary N) is 1. The van der Waals surface area contributed by atoms with Gasteiger partial charge in [0, 0.05) is 19.1 Å². The molecule has 2 saturated heterocycles. The van der Waals surface area contributed by atoms with Crippen molar-refractivity contribution >= 4 is 5.91 Å². The van der Waals surface area contributed by atoms with Crippen molar-refractivity contribution in [2.24, 2.45) is 5.73 Å². The van der Waals surface area contributed by atoms with E-state index in [-0.39, 0.29) is 11.9 Å². The summed E-state index contributed by atoms with van der Waals surface area (Å²) in [6, 6.07) is 0.588. The van der Waals surface area contributed by atoms with Gasteiger partial charge in [-0.15, -0.1) is 0 Å². The van der Waals surface area contributed by atoms with E-state index in [0.717, 1.165) is 26.1 Å². The fourth-order valence-corrected chi connectivity index (χ4v) is 2.34. The number of amides is 1. The molecule has 2 aliphatic rings. The summed E-state index contributed by atoms with van der Waals surface area (Å²) in [5.74, 6) is -0.160. The molecule has 0 aromatic heterocycles. The zero-order valence-electron chi connectivity index (χ0n) is 8.54. The average molecular weight is 197 g/mol. The number of carbonyl (C=O) groups excluding carboxylic acids is 1. The van der Waals surface area contributed by atoms with Gasteiger partial charge in [0.05, 0.1) is 6.04 Å². The Labute approximate surface area is 84.8 Å². The van der Waals surface area contributed by atoms with Crippen LogP contribution in [0.15, 0.2) is 0 Å². The summed E-state index contributed by atoms with van der Waals surface area (Å²) in [5, 5.41) is 3.48. The van der Waals surface area contributed by atoms with E-state index in [2.05, 4.69) is 10.2 Å². The van der Waals surface area contributed by atoms with Gasteiger partial charge in [0.1, 0.15) is 0 Å². The maximum atomic E-state index is 11.0. The number of likely N-dealkylation sites (tertiary alicyclic amines) is 1. The number of rotatable bonds is 3. The third-order valence-electron chi connectivity index (χ3n) is 3.33. The molecule has 0 radical (unpaired) electrons. The van der Waals surface area contributed by atoms with Gasteiger partial charge in [0.15, 0.2) is 0 Å². The molecule has 0 aromatic rings. The molecule has 2 heterocycles. The minimum Gasteiger partial charge on any atom is -0.368 e. The van der Waals surface area contributed by atoms with Crippen molar-refractivity contribution in [1.82, 2.24) is 10.2 Å². The fourth-order valence-electron chi connectivity index (χ4n) is 2.34. The molecule has 2 fully saturated rings. The standard InChI is InChI=1S/C10H19N3O/c11-10(14)9-4-6-13(9)7-8-3-1-2-5-12-8/h8-9,12H,1-7H2,(H2,11,14). The van der Waals surface area contributed by atoms with E-state index in [9.17, 15) is 4.79 Å². The first-order chi connectivity index (χ1) is 6.77. The quantitative estimate of drug-likeness (QED) is 0.652. The van der Waals surface area contributed by atoms with Gasteiger partial charge in [0.2, 0.25) is 5.91 Å². The molecule has 3 N–H and O–H groups in total. The molecule has 2 atom stereocenters. The van der Waals surface area contributed by atoms with E-state index in [1.165, 1.54) is 19.3 Å². The summed E-state index contributed by atoms with van der Waals surface area (Å²) in [4.78, 5) is 13.2. The van der Waals surface area contributed by atoms with Crippen molar-refractivity contribution in [3.63, 3.8) is 0 Å². The molecule has 2 aliphatic heterocycles. The molecule has 4 nitrogen and oxygen atoms in total. The minimum absolute atomic E-state index is 0.0127. The lowest BCUT2D eigenvalue weighted by molar-refractivity contribution is -0.127. The van der Waals surface area contributed by atoms with Crippen LogP contribution in [-0.2, 0) is 4.79 Å². The molecule has 0 spiro atoms. The SMILES string of the molecule is NC(=O)C1CCN1CC1CCCCN1. The molecule has 2 rings (SSSR count). The fraction of sp³-hybridized carbons (Fsp3) is 0.900. The van der Waals surface area contributed by atoms with Crippen LogP contribution in [-0.4, -0.2) is 42.5 Å².